The van der Waals surface area contributed by atoms with E-state index in [1.54, 1.807) is 12.4 Å². The van der Waals surface area contributed by atoms with Gasteiger partial charge in [0.15, 0.2) is 14.6 Å². The summed E-state index contributed by atoms with van der Waals surface area (Å²) in [6.45, 7) is 1.54. The number of hydroxylamine groups is 1. The van der Waals surface area contributed by atoms with Gasteiger partial charge in [-0.1, -0.05) is 50.1 Å². The van der Waals surface area contributed by atoms with Crippen molar-refractivity contribution in [2.24, 2.45) is 0 Å². The summed E-state index contributed by atoms with van der Waals surface area (Å²) in [5.41, 5.74) is 2.43. The van der Waals surface area contributed by atoms with Gasteiger partial charge in [0.1, 0.15) is 0 Å². The van der Waals surface area contributed by atoms with Crippen LogP contribution in [0.2, 0.25) is 0 Å². The third-order valence-corrected chi connectivity index (χ3v) is 7.02. The highest BCUT2D eigenvalue weighted by Crippen LogP contribution is 2.46. The summed E-state index contributed by atoms with van der Waals surface area (Å²) < 4.78 is 23.8. The van der Waals surface area contributed by atoms with Gasteiger partial charge in [0.05, 0.1) is 0 Å². The highest BCUT2D eigenvalue weighted by atomic mass is 32.2. The molecule has 0 radical (unpaired) electrons. The van der Waals surface area contributed by atoms with Crippen molar-refractivity contribution in [3.8, 4) is 0 Å². The first-order valence-corrected chi connectivity index (χ1v) is 8.86. The summed E-state index contributed by atoms with van der Waals surface area (Å²) >= 11 is 0. The molecule has 1 aromatic rings. The van der Waals surface area contributed by atoms with E-state index >= 15 is 0 Å². The van der Waals surface area contributed by atoms with Crippen molar-refractivity contribution < 1.29 is 18.4 Å². The Morgan fingerprint density at radius 1 is 1.33 bits per heavy atom. The van der Waals surface area contributed by atoms with Crippen LogP contribution in [0.4, 0.5) is 0 Å². The van der Waals surface area contributed by atoms with Gasteiger partial charge < -0.3 is 0 Å². The van der Waals surface area contributed by atoms with Crippen LogP contribution in [0.25, 0.3) is 0 Å². The summed E-state index contributed by atoms with van der Waals surface area (Å²) in [6.07, 6.45) is 2.40. The zero-order valence-corrected chi connectivity index (χ0v) is 12.9. The first-order chi connectivity index (χ1) is 9.99. The Hall–Kier alpha value is -1.40. The quantitative estimate of drug-likeness (QED) is 0.658. The molecule has 5 nitrogen and oxygen atoms in total. The lowest BCUT2D eigenvalue weighted by atomic mass is 9.74. The lowest BCUT2D eigenvalue weighted by Gasteiger charge is -2.41. The molecule has 116 valence electrons. The van der Waals surface area contributed by atoms with Gasteiger partial charge in [-0.3, -0.25) is 10.0 Å². The number of carbonyl (C=O) groups excluding carboxylic acids is 1. The monoisotopic (exact) mass is 311 g/mol. The van der Waals surface area contributed by atoms with Gasteiger partial charge in [-0.25, -0.2) is 13.9 Å². The summed E-state index contributed by atoms with van der Waals surface area (Å²) in [4.78, 5) is 12.3. The lowest BCUT2D eigenvalue weighted by Crippen LogP contribution is -2.57. The van der Waals surface area contributed by atoms with E-state index in [0.29, 0.717) is 12.8 Å². The standard InChI is InChI=1S/C15H21NO4S/c1-2-21(19,20)15(14(17)16-18)11-7-6-10-13(15)12-8-4-3-5-9-12/h3-5,8-9,13,18H,2,6-7,10-11H2,1H3,(H,16,17). The van der Waals surface area contributed by atoms with Gasteiger partial charge in [-0.05, 0) is 18.4 Å². The molecule has 0 aromatic heterocycles. The molecule has 21 heavy (non-hydrogen) atoms. The maximum atomic E-state index is 12.7. The van der Waals surface area contributed by atoms with Crippen LogP contribution in [0.3, 0.4) is 0 Å². The predicted molar refractivity (Wildman–Crippen MR) is 79.8 cm³/mol. The number of rotatable bonds is 4. The van der Waals surface area contributed by atoms with E-state index in [1.165, 1.54) is 0 Å². The molecule has 2 N–H and O–H groups in total. The van der Waals surface area contributed by atoms with Crippen LogP contribution < -0.4 is 5.48 Å². The molecule has 2 atom stereocenters. The van der Waals surface area contributed by atoms with E-state index in [0.717, 1.165) is 12.0 Å². The molecule has 1 aromatic carbocycles. The van der Waals surface area contributed by atoms with Gasteiger partial charge in [0.25, 0.3) is 5.91 Å². The van der Waals surface area contributed by atoms with Crippen LogP contribution in [0, 0.1) is 0 Å². The number of hydrogen-bond acceptors (Lipinski definition) is 4. The molecule has 0 spiro atoms. The minimum atomic E-state index is -3.66. The molecule has 1 fully saturated rings. The van der Waals surface area contributed by atoms with Crippen molar-refractivity contribution in [1.29, 1.82) is 0 Å². The van der Waals surface area contributed by atoms with Crippen LogP contribution in [0.5, 0.6) is 0 Å². The largest absolute Gasteiger partial charge is 0.289 e. The minimum Gasteiger partial charge on any atom is -0.289 e. The molecule has 0 saturated heterocycles. The van der Waals surface area contributed by atoms with Crippen molar-refractivity contribution in [1.82, 2.24) is 5.48 Å². The van der Waals surface area contributed by atoms with Crippen LogP contribution in [-0.4, -0.2) is 30.0 Å². The number of amides is 1. The summed E-state index contributed by atoms with van der Waals surface area (Å²) in [6, 6.07) is 9.23. The number of nitrogens with one attached hydrogen (secondary N) is 1. The van der Waals surface area contributed by atoms with Gasteiger partial charge in [0.2, 0.25) is 0 Å². The van der Waals surface area contributed by atoms with E-state index in [9.17, 15) is 13.2 Å². The van der Waals surface area contributed by atoms with Gasteiger partial charge >= 0.3 is 0 Å². The van der Waals surface area contributed by atoms with Gasteiger partial charge in [-0.2, -0.15) is 0 Å². The molecule has 6 heteroatoms. The number of hydrogen-bond donors (Lipinski definition) is 2. The van der Waals surface area contributed by atoms with Crippen molar-refractivity contribution in [3.63, 3.8) is 0 Å². The second-order valence-corrected chi connectivity index (χ2v) is 7.98. The third kappa shape index (κ3) is 2.58. The first-order valence-electron chi connectivity index (χ1n) is 7.21. The number of carbonyl (C=O) groups is 1. The summed E-state index contributed by atoms with van der Waals surface area (Å²) in [5.74, 6) is -1.36. The highest BCUT2D eigenvalue weighted by Gasteiger charge is 2.56. The highest BCUT2D eigenvalue weighted by molar-refractivity contribution is 7.93. The maximum absolute atomic E-state index is 12.7. The molecular weight excluding hydrogens is 290 g/mol. The van der Waals surface area contributed by atoms with Crippen LogP contribution in [-0.2, 0) is 14.6 Å². The van der Waals surface area contributed by atoms with Gasteiger partial charge in [-0.15, -0.1) is 0 Å². The van der Waals surface area contributed by atoms with E-state index in [2.05, 4.69) is 0 Å². The lowest BCUT2D eigenvalue weighted by molar-refractivity contribution is -0.133. The molecule has 0 heterocycles. The Bertz CT molecular complexity index is 599. The predicted octanol–water partition coefficient (Wildman–Crippen LogP) is 2.02. The normalized spacial score (nSPS) is 26.3. The molecule has 2 unspecified atom stereocenters. The van der Waals surface area contributed by atoms with E-state index in [-0.39, 0.29) is 12.2 Å². The SMILES string of the molecule is CCS(=O)(=O)C1(C(=O)NO)CCCCC1c1ccccc1. The molecule has 1 amide bonds. The maximum Gasteiger partial charge on any atom is 0.265 e. The van der Waals surface area contributed by atoms with Crippen molar-refractivity contribution in [3.05, 3.63) is 35.9 Å². The molecule has 1 aliphatic rings. The van der Waals surface area contributed by atoms with Crippen LogP contribution >= 0.6 is 0 Å². The fourth-order valence-electron chi connectivity index (χ4n) is 3.40. The second-order valence-electron chi connectivity index (χ2n) is 5.44. The Morgan fingerprint density at radius 3 is 2.57 bits per heavy atom. The molecule has 2 rings (SSSR count). The average molecular weight is 311 g/mol. The average Bonchev–Trinajstić information content (AvgIpc) is 2.54. The summed E-state index contributed by atoms with van der Waals surface area (Å²) in [5, 5.41) is 9.11. The number of benzene rings is 1. The topological polar surface area (TPSA) is 83.5 Å². The molecular formula is C15H21NO4S. The first kappa shape index (κ1) is 16.0. The molecule has 1 aliphatic carbocycles. The zero-order valence-electron chi connectivity index (χ0n) is 12.1. The minimum absolute atomic E-state index is 0.121. The number of sulfone groups is 1. The molecule has 1 saturated carbocycles. The van der Waals surface area contributed by atoms with E-state index in [4.69, 9.17) is 5.21 Å². The van der Waals surface area contributed by atoms with Crippen LogP contribution in [0.15, 0.2) is 30.3 Å². The summed E-state index contributed by atoms with van der Waals surface area (Å²) in [7, 11) is -3.66. The third-order valence-electron chi connectivity index (χ3n) is 4.48. The Morgan fingerprint density at radius 2 is 2.00 bits per heavy atom. The zero-order chi connectivity index (χ0) is 15.5. The van der Waals surface area contributed by atoms with Crippen molar-refractivity contribution in [2.75, 3.05) is 5.75 Å². The molecule has 0 bridgehead atoms. The van der Waals surface area contributed by atoms with E-state index in [1.807, 2.05) is 30.3 Å². The second kappa shape index (κ2) is 6.15. The molecule has 0 aliphatic heterocycles. The Balaban J connectivity index is 2.62. The fraction of sp³-hybridized carbons (Fsp3) is 0.533. The fourth-order valence-corrected chi connectivity index (χ4v) is 5.39. The van der Waals surface area contributed by atoms with Crippen molar-refractivity contribution >= 4 is 15.7 Å². The van der Waals surface area contributed by atoms with Gasteiger partial charge in [0, 0.05) is 11.7 Å². The van der Waals surface area contributed by atoms with Crippen LogP contribution in [0.1, 0.15) is 44.1 Å². The smallest absolute Gasteiger partial charge is 0.265 e. The Labute approximate surface area is 125 Å². The Kier molecular flexibility index (Phi) is 4.68. The van der Waals surface area contributed by atoms with E-state index < -0.39 is 26.4 Å². The van der Waals surface area contributed by atoms with Crippen molar-refractivity contribution in [2.45, 2.75) is 43.3 Å².